The number of hydroxylamine groups is 1. The van der Waals surface area contributed by atoms with Crippen LogP contribution in [0.4, 0.5) is 0 Å². The Morgan fingerprint density at radius 3 is 2.34 bits per heavy atom. The van der Waals surface area contributed by atoms with Gasteiger partial charge in [0.1, 0.15) is 0 Å². The van der Waals surface area contributed by atoms with Gasteiger partial charge in [-0.3, -0.25) is 9.63 Å². The molecule has 0 bridgehead atoms. The summed E-state index contributed by atoms with van der Waals surface area (Å²) in [5.41, 5.74) is 6.62. The Kier molecular flexibility index (Phi) is 5.45. The zero-order valence-corrected chi connectivity index (χ0v) is 15.8. The summed E-state index contributed by atoms with van der Waals surface area (Å²) in [7, 11) is 0. The van der Waals surface area contributed by atoms with Gasteiger partial charge in [-0.25, -0.2) is 5.48 Å². The fraction of sp³-hybridized carbons (Fsp3) is 0.0870. The van der Waals surface area contributed by atoms with Crippen LogP contribution in [0, 0.1) is 6.92 Å². The van der Waals surface area contributed by atoms with Crippen LogP contribution in [0.2, 0.25) is 0 Å². The quantitative estimate of drug-likeness (QED) is 0.492. The molecular weight excluding hydrogens is 366 g/mol. The highest BCUT2D eigenvalue weighted by Gasteiger charge is 2.12. The molecule has 29 heavy (non-hydrogen) atoms. The Hall–Kier alpha value is -3.77. The number of benzene rings is 3. The number of nitrogens with zero attached hydrogens (tertiary/aromatic N) is 2. The molecule has 0 saturated carbocycles. The molecule has 144 valence electrons. The normalized spacial score (nSPS) is 10.7. The summed E-state index contributed by atoms with van der Waals surface area (Å²) in [4.78, 5) is 17.5. The molecular formula is C23H19N3O3. The van der Waals surface area contributed by atoms with Gasteiger partial charge in [0.2, 0.25) is 11.8 Å². The lowest BCUT2D eigenvalue weighted by Gasteiger charge is -2.06. The highest BCUT2D eigenvalue weighted by Crippen LogP contribution is 2.24. The molecule has 4 rings (SSSR count). The summed E-state index contributed by atoms with van der Waals surface area (Å²) in [5.74, 6) is 0.534. The second kappa shape index (κ2) is 8.50. The highest BCUT2D eigenvalue weighted by atomic mass is 16.6. The maximum Gasteiger partial charge on any atom is 0.274 e. The van der Waals surface area contributed by atoms with Gasteiger partial charge in [-0.2, -0.15) is 0 Å². The van der Waals surface area contributed by atoms with Crippen LogP contribution in [-0.4, -0.2) is 16.1 Å². The topological polar surface area (TPSA) is 77.2 Å². The molecule has 0 unspecified atom stereocenters. The van der Waals surface area contributed by atoms with E-state index in [1.54, 1.807) is 24.3 Å². The van der Waals surface area contributed by atoms with Gasteiger partial charge < -0.3 is 4.42 Å². The lowest BCUT2D eigenvalue weighted by atomic mass is 10.1. The van der Waals surface area contributed by atoms with E-state index in [2.05, 4.69) is 15.7 Å². The number of carbonyl (C=O) groups excluding carboxylic acids is 1. The standard InChI is InChI=1S/C23H19N3O3/c1-16-6-5-9-20(14-16)23-25-24-22(29-23)19-12-10-18(11-13-19)21(27)26-28-15-17-7-3-2-4-8-17/h2-14H,15H2,1H3,(H,26,27). The number of hydrogen-bond donors (Lipinski definition) is 1. The Labute approximate surface area is 168 Å². The molecule has 0 saturated heterocycles. The molecule has 0 radical (unpaired) electrons. The first-order valence-electron chi connectivity index (χ1n) is 9.16. The van der Waals surface area contributed by atoms with E-state index in [0.29, 0.717) is 24.0 Å². The van der Waals surface area contributed by atoms with Gasteiger partial charge in [0, 0.05) is 16.7 Å². The second-order valence-corrected chi connectivity index (χ2v) is 6.56. The monoisotopic (exact) mass is 385 g/mol. The third-order valence-corrected chi connectivity index (χ3v) is 4.33. The van der Waals surface area contributed by atoms with Gasteiger partial charge >= 0.3 is 0 Å². The summed E-state index contributed by atoms with van der Waals surface area (Å²) in [5, 5.41) is 8.22. The molecule has 0 atom stereocenters. The molecule has 0 aliphatic carbocycles. The molecule has 0 spiro atoms. The summed E-state index contributed by atoms with van der Waals surface area (Å²) >= 11 is 0. The lowest BCUT2D eigenvalue weighted by molar-refractivity contribution is 0.0233. The first-order valence-corrected chi connectivity index (χ1v) is 9.16. The van der Waals surface area contributed by atoms with Crippen LogP contribution in [0.1, 0.15) is 21.5 Å². The van der Waals surface area contributed by atoms with E-state index in [9.17, 15) is 4.79 Å². The predicted octanol–water partition coefficient (Wildman–Crippen LogP) is 4.57. The SMILES string of the molecule is Cc1cccc(-c2nnc(-c3ccc(C(=O)NOCc4ccccc4)cc3)o2)c1. The summed E-state index contributed by atoms with van der Waals surface area (Å²) in [6.45, 7) is 2.31. The van der Waals surface area contributed by atoms with Crippen molar-refractivity contribution in [1.82, 2.24) is 15.7 Å². The van der Waals surface area contributed by atoms with Crippen LogP contribution in [0.3, 0.4) is 0 Å². The number of carbonyl (C=O) groups is 1. The van der Waals surface area contributed by atoms with Crippen molar-refractivity contribution < 1.29 is 14.0 Å². The van der Waals surface area contributed by atoms with Crippen molar-refractivity contribution in [2.24, 2.45) is 0 Å². The van der Waals surface area contributed by atoms with Crippen molar-refractivity contribution in [2.45, 2.75) is 13.5 Å². The average Bonchev–Trinajstić information content (AvgIpc) is 3.25. The maximum absolute atomic E-state index is 12.2. The Bertz CT molecular complexity index is 1110. The first-order chi connectivity index (χ1) is 14.2. The van der Waals surface area contributed by atoms with Gasteiger partial charge in [-0.15, -0.1) is 10.2 Å². The lowest BCUT2D eigenvalue weighted by Crippen LogP contribution is -2.23. The molecule has 6 heteroatoms. The number of aromatic nitrogens is 2. The fourth-order valence-corrected chi connectivity index (χ4v) is 2.82. The Morgan fingerprint density at radius 1 is 0.897 bits per heavy atom. The molecule has 4 aromatic rings. The molecule has 1 aromatic heterocycles. The van der Waals surface area contributed by atoms with Crippen molar-refractivity contribution >= 4 is 5.91 Å². The molecule has 0 fully saturated rings. The van der Waals surface area contributed by atoms with Crippen molar-refractivity contribution in [3.8, 4) is 22.9 Å². The Balaban J connectivity index is 1.39. The minimum Gasteiger partial charge on any atom is -0.416 e. The number of amides is 1. The van der Waals surface area contributed by atoms with Crippen molar-refractivity contribution in [2.75, 3.05) is 0 Å². The molecule has 0 aliphatic rings. The van der Waals surface area contributed by atoms with E-state index in [-0.39, 0.29) is 5.91 Å². The Morgan fingerprint density at radius 2 is 1.62 bits per heavy atom. The molecule has 1 heterocycles. The van der Waals surface area contributed by atoms with Crippen molar-refractivity contribution in [3.63, 3.8) is 0 Å². The molecule has 0 aliphatic heterocycles. The molecule has 1 amide bonds. The van der Waals surface area contributed by atoms with Crippen molar-refractivity contribution in [1.29, 1.82) is 0 Å². The van der Waals surface area contributed by atoms with Crippen LogP contribution in [0.15, 0.2) is 83.3 Å². The van der Waals surface area contributed by atoms with Gasteiger partial charge in [0.15, 0.2) is 0 Å². The molecule has 6 nitrogen and oxygen atoms in total. The smallest absolute Gasteiger partial charge is 0.274 e. The molecule has 1 N–H and O–H groups in total. The van der Waals surface area contributed by atoms with Crippen LogP contribution in [-0.2, 0) is 11.4 Å². The minimum atomic E-state index is -0.321. The van der Waals surface area contributed by atoms with E-state index in [1.807, 2.05) is 61.5 Å². The predicted molar refractivity (Wildman–Crippen MR) is 109 cm³/mol. The van der Waals surface area contributed by atoms with E-state index in [1.165, 1.54) is 0 Å². The number of nitrogens with one attached hydrogen (secondary N) is 1. The third-order valence-electron chi connectivity index (χ3n) is 4.33. The highest BCUT2D eigenvalue weighted by molar-refractivity contribution is 5.93. The van der Waals surface area contributed by atoms with E-state index >= 15 is 0 Å². The number of rotatable bonds is 6. The summed E-state index contributed by atoms with van der Waals surface area (Å²) in [6, 6.07) is 24.4. The van der Waals surface area contributed by atoms with Gasteiger partial charge in [-0.1, -0.05) is 48.0 Å². The summed E-state index contributed by atoms with van der Waals surface area (Å²) < 4.78 is 5.78. The van der Waals surface area contributed by atoms with E-state index < -0.39 is 0 Å². The van der Waals surface area contributed by atoms with E-state index in [0.717, 1.165) is 22.3 Å². The first kappa shape index (κ1) is 18.6. The van der Waals surface area contributed by atoms with Gasteiger partial charge in [0.05, 0.1) is 6.61 Å². The average molecular weight is 385 g/mol. The zero-order valence-electron chi connectivity index (χ0n) is 15.8. The van der Waals surface area contributed by atoms with Gasteiger partial charge in [-0.05, 0) is 48.9 Å². The third kappa shape index (κ3) is 4.56. The fourth-order valence-electron chi connectivity index (χ4n) is 2.82. The van der Waals surface area contributed by atoms with Crippen LogP contribution < -0.4 is 5.48 Å². The minimum absolute atomic E-state index is 0.300. The zero-order chi connectivity index (χ0) is 20.1. The summed E-state index contributed by atoms with van der Waals surface area (Å²) in [6.07, 6.45) is 0. The molecule has 3 aromatic carbocycles. The van der Waals surface area contributed by atoms with Crippen LogP contribution in [0.5, 0.6) is 0 Å². The number of aryl methyl sites for hydroxylation is 1. The van der Waals surface area contributed by atoms with Crippen LogP contribution >= 0.6 is 0 Å². The number of hydrogen-bond acceptors (Lipinski definition) is 5. The van der Waals surface area contributed by atoms with E-state index in [4.69, 9.17) is 9.25 Å². The maximum atomic E-state index is 12.2. The van der Waals surface area contributed by atoms with Crippen LogP contribution in [0.25, 0.3) is 22.9 Å². The largest absolute Gasteiger partial charge is 0.416 e. The van der Waals surface area contributed by atoms with Crippen molar-refractivity contribution in [3.05, 3.63) is 95.6 Å². The van der Waals surface area contributed by atoms with Gasteiger partial charge in [0.25, 0.3) is 5.91 Å². The second-order valence-electron chi connectivity index (χ2n) is 6.56.